The van der Waals surface area contributed by atoms with Crippen LogP contribution < -0.4 is 0 Å². The van der Waals surface area contributed by atoms with Gasteiger partial charge < -0.3 is 10.0 Å². The summed E-state index contributed by atoms with van der Waals surface area (Å²) in [6, 6.07) is 1.84. The number of hydrogen-bond acceptors (Lipinski definition) is 4. The molecule has 0 saturated carbocycles. The van der Waals surface area contributed by atoms with Crippen molar-refractivity contribution in [1.29, 1.82) is 0 Å². The number of nitrogens with zero attached hydrogens (tertiary/aromatic N) is 3. The average molecular weight is 291 g/mol. The molecule has 6 heteroatoms. The molecule has 1 fully saturated rings. The van der Waals surface area contributed by atoms with Gasteiger partial charge in [0, 0.05) is 25.6 Å². The molecule has 0 aromatic carbocycles. The zero-order valence-corrected chi connectivity index (χ0v) is 12.5. The van der Waals surface area contributed by atoms with Crippen LogP contribution in [-0.4, -0.2) is 38.4 Å². The molecule has 1 aromatic rings. The van der Waals surface area contributed by atoms with Gasteiger partial charge in [-0.3, -0.25) is 9.59 Å². The van der Waals surface area contributed by atoms with Gasteiger partial charge in [-0.1, -0.05) is 0 Å². The molecule has 1 aromatic heterocycles. The largest absolute Gasteiger partial charge is 0.481 e. The molecule has 1 N–H and O–H groups in total. The summed E-state index contributed by atoms with van der Waals surface area (Å²) in [7, 11) is 0. The van der Waals surface area contributed by atoms with Crippen molar-refractivity contribution in [2.75, 3.05) is 6.54 Å². The Morgan fingerprint density at radius 3 is 2.81 bits per heavy atom. The molecule has 1 aliphatic heterocycles. The maximum atomic E-state index is 11.8. The molecule has 2 rings (SSSR count). The predicted molar refractivity (Wildman–Crippen MR) is 76.7 cm³/mol. The highest BCUT2D eigenvalue weighted by Crippen LogP contribution is 2.30. The highest BCUT2D eigenvalue weighted by atomic mass is 16.4. The standard InChI is InChI=1S/C15H21N3O3/c1-10-16-12(6-7-15(20)21)9-13(17-10)14-5-3-4-8-18(14)11(2)19/h9,14H,3-8H2,1-2H3,(H,20,21). The monoisotopic (exact) mass is 291 g/mol. The fraction of sp³-hybridized carbons (Fsp3) is 0.600. The average Bonchev–Trinajstić information content (AvgIpc) is 2.44. The number of hydrogen-bond donors (Lipinski definition) is 1. The normalized spacial score (nSPS) is 18.6. The number of piperidine rings is 1. The molecule has 0 radical (unpaired) electrons. The third-order valence-electron chi connectivity index (χ3n) is 3.75. The van der Waals surface area contributed by atoms with Crippen LogP contribution >= 0.6 is 0 Å². The second kappa shape index (κ2) is 6.65. The van der Waals surface area contributed by atoms with Crippen molar-refractivity contribution in [2.45, 2.75) is 52.0 Å². The zero-order chi connectivity index (χ0) is 15.4. The van der Waals surface area contributed by atoms with Gasteiger partial charge >= 0.3 is 5.97 Å². The van der Waals surface area contributed by atoms with Crippen LogP contribution in [-0.2, 0) is 16.0 Å². The first-order valence-corrected chi connectivity index (χ1v) is 7.31. The lowest BCUT2D eigenvalue weighted by atomic mass is 9.98. The van der Waals surface area contributed by atoms with Crippen molar-refractivity contribution in [3.8, 4) is 0 Å². The van der Waals surface area contributed by atoms with E-state index in [0.29, 0.717) is 12.2 Å². The van der Waals surface area contributed by atoms with E-state index in [1.165, 1.54) is 0 Å². The fourth-order valence-electron chi connectivity index (χ4n) is 2.80. The number of rotatable bonds is 4. The van der Waals surface area contributed by atoms with Gasteiger partial charge in [0.1, 0.15) is 5.82 Å². The third-order valence-corrected chi connectivity index (χ3v) is 3.75. The van der Waals surface area contributed by atoms with Gasteiger partial charge in [-0.05, 0) is 32.3 Å². The van der Waals surface area contributed by atoms with Crippen molar-refractivity contribution < 1.29 is 14.7 Å². The van der Waals surface area contributed by atoms with Crippen molar-refractivity contribution in [1.82, 2.24) is 14.9 Å². The number of aliphatic carboxylic acids is 1. The number of amides is 1. The summed E-state index contributed by atoms with van der Waals surface area (Å²) in [6.45, 7) is 4.14. The van der Waals surface area contributed by atoms with Gasteiger partial charge in [0.15, 0.2) is 0 Å². The summed E-state index contributed by atoms with van der Waals surface area (Å²) >= 11 is 0. The minimum atomic E-state index is -0.837. The van der Waals surface area contributed by atoms with Crippen molar-refractivity contribution in [3.63, 3.8) is 0 Å². The maximum Gasteiger partial charge on any atom is 0.303 e. The molecule has 1 aliphatic rings. The Kier molecular flexibility index (Phi) is 4.88. The lowest BCUT2D eigenvalue weighted by Gasteiger charge is -2.34. The summed E-state index contributed by atoms with van der Waals surface area (Å²) in [5.74, 6) is -0.152. The van der Waals surface area contributed by atoms with Crippen LogP contribution in [0, 0.1) is 6.92 Å². The molecule has 2 heterocycles. The zero-order valence-electron chi connectivity index (χ0n) is 12.5. The molecule has 114 valence electrons. The van der Waals surface area contributed by atoms with E-state index in [2.05, 4.69) is 9.97 Å². The van der Waals surface area contributed by atoms with Gasteiger partial charge in [0.25, 0.3) is 0 Å². The maximum absolute atomic E-state index is 11.8. The van der Waals surface area contributed by atoms with Crippen molar-refractivity contribution >= 4 is 11.9 Å². The molecular formula is C15H21N3O3. The van der Waals surface area contributed by atoms with Gasteiger partial charge in [0.2, 0.25) is 5.91 Å². The van der Waals surface area contributed by atoms with Crippen LogP contribution in [0.4, 0.5) is 0 Å². The van der Waals surface area contributed by atoms with Crippen LogP contribution in [0.15, 0.2) is 6.07 Å². The molecule has 1 unspecified atom stereocenters. The molecule has 21 heavy (non-hydrogen) atoms. The molecule has 1 amide bonds. The van der Waals surface area contributed by atoms with Crippen LogP contribution in [0.3, 0.4) is 0 Å². The second-order valence-electron chi connectivity index (χ2n) is 5.45. The third kappa shape index (κ3) is 4.00. The number of carbonyl (C=O) groups is 2. The molecule has 6 nitrogen and oxygen atoms in total. The fourth-order valence-corrected chi connectivity index (χ4v) is 2.80. The van der Waals surface area contributed by atoms with E-state index >= 15 is 0 Å². The van der Waals surface area contributed by atoms with Crippen molar-refractivity contribution in [2.24, 2.45) is 0 Å². The van der Waals surface area contributed by atoms with E-state index < -0.39 is 5.97 Å². The Morgan fingerprint density at radius 1 is 1.38 bits per heavy atom. The van der Waals surface area contributed by atoms with Crippen molar-refractivity contribution in [3.05, 3.63) is 23.3 Å². The Balaban J connectivity index is 2.24. The van der Waals surface area contributed by atoms with E-state index in [0.717, 1.165) is 37.2 Å². The highest BCUT2D eigenvalue weighted by Gasteiger charge is 2.27. The van der Waals surface area contributed by atoms with E-state index in [-0.39, 0.29) is 18.4 Å². The number of likely N-dealkylation sites (tertiary alicyclic amines) is 1. The number of carboxylic acids is 1. The number of aromatic nitrogens is 2. The Morgan fingerprint density at radius 2 is 2.14 bits per heavy atom. The minimum absolute atomic E-state index is 0.0125. The van der Waals surface area contributed by atoms with Crippen LogP contribution in [0.1, 0.15) is 55.9 Å². The summed E-state index contributed by atoms with van der Waals surface area (Å²) in [5.41, 5.74) is 1.56. The van der Waals surface area contributed by atoms with E-state index in [9.17, 15) is 9.59 Å². The minimum Gasteiger partial charge on any atom is -0.481 e. The SMILES string of the molecule is CC(=O)N1CCCCC1c1cc(CCC(=O)O)nc(C)n1. The Labute approximate surface area is 124 Å². The molecule has 1 atom stereocenters. The number of carboxylic acid groups (broad SMARTS) is 1. The molecule has 0 aliphatic carbocycles. The Bertz CT molecular complexity index is 545. The summed E-state index contributed by atoms with van der Waals surface area (Å²) in [6.07, 6.45) is 3.43. The molecule has 0 spiro atoms. The lowest BCUT2D eigenvalue weighted by Crippen LogP contribution is -2.37. The summed E-state index contributed by atoms with van der Waals surface area (Å²) in [4.78, 5) is 33.1. The first-order chi connectivity index (χ1) is 9.97. The predicted octanol–water partition coefficient (Wildman–Crippen LogP) is 1.88. The van der Waals surface area contributed by atoms with Crippen LogP contribution in [0.5, 0.6) is 0 Å². The second-order valence-corrected chi connectivity index (χ2v) is 5.45. The highest BCUT2D eigenvalue weighted by molar-refractivity contribution is 5.73. The smallest absolute Gasteiger partial charge is 0.303 e. The van der Waals surface area contributed by atoms with E-state index in [1.807, 2.05) is 11.0 Å². The first-order valence-electron chi connectivity index (χ1n) is 7.31. The quantitative estimate of drug-likeness (QED) is 0.915. The topological polar surface area (TPSA) is 83.4 Å². The number of aryl methyl sites for hydroxylation is 2. The Hall–Kier alpha value is -1.98. The van der Waals surface area contributed by atoms with Gasteiger partial charge in [-0.25, -0.2) is 9.97 Å². The van der Waals surface area contributed by atoms with Crippen LogP contribution in [0.2, 0.25) is 0 Å². The molecule has 0 bridgehead atoms. The van der Waals surface area contributed by atoms with Gasteiger partial charge in [0.05, 0.1) is 18.2 Å². The molecule has 1 saturated heterocycles. The van der Waals surface area contributed by atoms with Gasteiger partial charge in [-0.15, -0.1) is 0 Å². The molecular weight excluding hydrogens is 270 g/mol. The summed E-state index contributed by atoms with van der Waals surface area (Å²) in [5, 5.41) is 8.78. The van der Waals surface area contributed by atoms with Crippen LogP contribution in [0.25, 0.3) is 0 Å². The van der Waals surface area contributed by atoms with E-state index in [4.69, 9.17) is 5.11 Å². The first kappa shape index (κ1) is 15.4. The lowest BCUT2D eigenvalue weighted by molar-refractivity contribution is -0.137. The van der Waals surface area contributed by atoms with E-state index in [1.54, 1.807) is 13.8 Å². The number of carbonyl (C=O) groups excluding carboxylic acids is 1. The van der Waals surface area contributed by atoms with Gasteiger partial charge in [-0.2, -0.15) is 0 Å². The summed E-state index contributed by atoms with van der Waals surface area (Å²) < 4.78 is 0.